The number of anilines is 1. The highest BCUT2D eigenvalue weighted by molar-refractivity contribution is 7.14. The largest absolute Gasteiger partial charge is 0.363 e. The number of thiophene rings is 2. The summed E-state index contributed by atoms with van der Waals surface area (Å²) in [6.07, 6.45) is 4.88. The summed E-state index contributed by atoms with van der Waals surface area (Å²) in [5.41, 5.74) is 0. The summed E-state index contributed by atoms with van der Waals surface area (Å²) in [5.74, 6) is 1.72. The highest BCUT2D eigenvalue weighted by Crippen LogP contribution is 2.25. The van der Waals surface area contributed by atoms with Crippen molar-refractivity contribution >= 4 is 33.6 Å². The predicted octanol–water partition coefficient (Wildman–Crippen LogP) is 3.86. The average Bonchev–Trinajstić information content (AvgIpc) is 3.47. The van der Waals surface area contributed by atoms with Crippen molar-refractivity contribution in [2.45, 2.75) is 38.3 Å². The van der Waals surface area contributed by atoms with Crippen molar-refractivity contribution < 1.29 is 0 Å². The van der Waals surface area contributed by atoms with Crippen LogP contribution in [0.25, 0.3) is 0 Å². The van der Waals surface area contributed by atoms with Crippen LogP contribution in [0.3, 0.4) is 0 Å². The first kappa shape index (κ1) is 20.7. The lowest BCUT2D eigenvalue weighted by Crippen LogP contribution is -2.49. The van der Waals surface area contributed by atoms with Gasteiger partial charge in [-0.2, -0.15) is 0 Å². The third kappa shape index (κ3) is 5.96. The van der Waals surface area contributed by atoms with Crippen LogP contribution < -0.4 is 15.5 Å². The molecule has 7 heteroatoms. The lowest BCUT2D eigenvalue weighted by Gasteiger charge is -2.34. The maximum absolute atomic E-state index is 4.47. The molecule has 5 nitrogen and oxygen atoms in total. The maximum Gasteiger partial charge on any atom is 0.191 e. The fourth-order valence-electron chi connectivity index (χ4n) is 4.29. The molecular weight excluding hydrogens is 398 g/mol. The normalized spacial score (nSPS) is 20.2. The number of aliphatic imine (C=N–C) groups is 1. The SMILES string of the molecule is CN=C(NCC1CCN(Cc2cccs2)CC1)NC1CCN(c2cccs2)CC1. The van der Waals surface area contributed by atoms with Gasteiger partial charge in [0.15, 0.2) is 5.96 Å². The molecule has 29 heavy (non-hydrogen) atoms. The Labute approximate surface area is 182 Å². The summed E-state index contributed by atoms with van der Waals surface area (Å²) in [6.45, 7) is 6.80. The van der Waals surface area contributed by atoms with Gasteiger partial charge in [-0.15, -0.1) is 22.7 Å². The standard InChI is InChI=1S/C22H33N5S2/c1-23-22(25-19-8-12-27(13-9-19)21-5-3-15-29-21)24-16-18-6-10-26(11-7-18)17-20-4-2-14-28-20/h2-5,14-15,18-19H,6-13,16-17H2,1H3,(H2,23,24,25). The molecule has 0 radical (unpaired) electrons. The van der Waals surface area contributed by atoms with E-state index < -0.39 is 0 Å². The molecule has 2 aliphatic heterocycles. The van der Waals surface area contributed by atoms with Gasteiger partial charge >= 0.3 is 0 Å². The van der Waals surface area contributed by atoms with Crippen LogP contribution in [-0.4, -0.2) is 56.7 Å². The van der Waals surface area contributed by atoms with Gasteiger partial charge in [0, 0.05) is 44.1 Å². The summed E-state index contributed by atoms with van der Waals surface area (Å²) < 4.78 is 0. The van der Waals surface area contributed by atoms with Crippen molar-refractivity contribution in [3.05, 3.63) is 39.9 Å². The zero-order chi connectivity index (χ0) is 19.9. The maximum atomic E-state index is 4.47. The Morgan fingerprint density at radius 2 is 1.79 bits per heavy atom. The van der Waals surface area contributed by atoms with Crippen molar-refractivity contribution in [1.82, 2.24) is 15.5 Å². The molecule has 0 amide bonds. The minimum absolute atomic E-state index is 0.519. The Morgan fingerprint density at radius 1 is 1.03 bits per heavy atom. The molecule has 2 aromatic heterocycles. The second kappa shape index (κ2) is 10.5. The molecule has 4 rings (SSSR count). The highest BCUT2D eigenvalue weighted by atomic mass is 32.1. The van der Waals surface area contributed by atoms with E-state index in [1.807, 2.05) is 29.7 Å². The molecule has 0 saturated carbocycles. The van der Waals surface area contributed by atoms with E-state index >= 15 is 0 Å². The summed E-state index contributed by atoms with van der Waals surface area (Å²) in [4.78, 5) is 11.1. The summed E-state index contributed by atoms with van der Waals surface area (Å²) >= 11 is 3.71. The van der Waals surface area contributed by atoms with Crippen molar-refractivity contribution in [1.29, 1.82) is 0 Å². The number of hydrogen-bond donors (Lipinski definition) is 2. The smallest absolute Gasteiger partial charge is 0.191 e. The second-order valence-corrected chi connectivity index (χ2v) is 10.1. The van der Waals surface area contributed by atoms with Crippen molar-refractivity contribution in [3.8, 4) is 0 Å². The van der Waals surface area contributed by atoms with Crippen molar-refractivity contribution in [3.63, 3.8) is 0 Å². The topological polar surface area (TPSA) is 42.9 Å². The number of nitrogens with one attached hydrogen (secondary N) is 2. The van der Waals surface area contributed by atoms with E-state index in [2.05, 4.69) is 60.5 Å². The Bertz CT molecular complexity index is 727. The van der Waals surface area contributed by atoms with Gasteiger partial charge in [0.05, 0.1) is 5.00 Å². The third-order valence-corrected chi connectivity index (χ3v) is 7.89. The number of likely N-dealkylation sites (tertiary alicyclic amines) is 1. The highest BCUT2D eigenvalue weighted by Gasteiger charge is 2.22. The van der Waals surface area contributed by atoms with Crippen LogP contribution in [-0.2, 0) is 6.54 Å². The molecular formula is C22H33N5S2. The van der Waals surface area contributed by atoms with E-state index in [1.165, 1.54) is 48.7 Å². The Kier molecular flexibility index (Phi) is 7.46. The molecule has 2 N–H and O–H groups in total. The van der Waals surface area contributed by atoms with E-state index in [9.17, 15) is 0 Å². The van der Waals surface area contributed by atoms with Gasteiger partial charge in [-0.25, -0.2) is 0 Å². The first-order chi connectivity index (χ1) is 14.3. The molecule has 158 valence electrons. The lowest BCUT2D eigenvalue weighted by atomic mass is 9.97. The van der Waals surface area contributed by atoms with E-state index in [0.29, 0.717) is 6.04 Å². The monoisotopic (exact) mass is 431 g/mol. The summed E-state index contributed by atoms with van der Waals surface area (Å²) in [5, 5.41) is 13.0. The number of hydrogen-bond acceptors (Lipinski definition) is 5. The van der Waals surface area contributed by atoms with Crippen molar-refractivity contribution in [2.75, 3.05) is 44.7 Å². The molecule has 2 aromatic rings. The van der Waals surface area contributed by atoms with Crippen LogP contribution in [0.5, 0.6) is 0 Å². The minimum Gasteiger partial charge on any atom is -0.363 e. The summed E-state index contributed by atoms with van der Waals surface area (Å²) in [7, 11) is 1.89. The number of rotatable bonds is 6. The molecule has 0 aromatic carbocycles. The van der Waals surface area contributed by atoms with Crippen LogP contribution in [0.2, 0.25) is 0 Å². The van der Waals surface area contributed by atoms with Gasteiger partial charge < -0.3 is 15.5 Å². The molecule has 0 spiro atoms. The second-order valence-electron chi connectivity index (χ2n) is 8.11. The Balaban J connectivity index is 1.14. The van der Waals surface area contributed by atoms with E-state index in [-0.39, 0.29) is 0 Å². The van der Waals surface area contributed by atoms with Crippen molar-refractivity contribution in [2.24, 2.45) is 10.9 Å². The fraction of sp³-hybridized carbons (Fsp3) is 0.591. The third-order valence-electron chi connectivity index (χ3n) is 6.10. The quantitative estimate of drug-likeness (QED) is 0.538. The predicted molar refractivity (Wildman–Crippen MR) is 126 cm³/mol. The Hall–Kier alpha value is -1.57. The zero-order valence-electron chi connectivity index (χ0n) is 17.3. The molecule has 0 atom stereocenters. The van der Waals surface area contributed by atoms with Crippen LogP contribution in [0.1, 0.15) is 30.6 Å². The minimum atomic E-state index is 0.519. The zero-order valence-corrected chi connectivity index (χ0v) is 19.0. The van der Waals surface area contributed by atoms with E-state index in [1.54, 1.807) is 0 Å². The van der Waals surface area contributed by atoms with Gasteiger partial charge in [0.25, 0.3) is 0 Å². The van der Waals surface area contributed by atoms with Crippen LogP contribution in [0, 0.1) is 5.92 Å². The van der Waals surface area contributed by atoms with Crippen LogP contribution in [0.4, 0.5) is 5.00 Å². The molecule has 2 aliphatic rings. The van der Waals surface area contributed by atoms with Crippen LogP contribution >= 0.6 is 22.7 Å². The molecule has 2 fully saturated rings. The van der Waals surface area contributed by atoms with Gasteiger partial charge in [0.2, 0.25) is 0 Å². The molecule has 0 bridgehead atoms. The first-order valence-corrected chi connectivity index (χ1v) is 12.6. The number of piperidine rings is 2. The first-order valence-electron chi connectivity index (χ1n) is 10.8. The average molecular weight is 432 g/mol. The van der Waals surface area contributed by atoms with E-state index in [4.69, 9.17) is 0 Å². The number of guanidine groups is 1. The van der Waals surface area contributed by atoms with Crippen LogP contribution in [0.15, 0.2) is 40.0 Å². The van der Waals surface area contributed by atoms with Gasteiger partial charge in [-0.05, 0) is 73.6 Å². The molecule has 0 aliphatic carbocycles. The molecule has 2 saturated heterocycles. The summed E-state index contributed by atoms with van der Waals surface area (Å²) in [6, 6.07) is 9.29. The van der Waals surface area contributed by atoms with Gasteiger partial charge in [-0.3, -0.25) is 9.89 Å². The molecule has 0 unspecified atom stereocenters. The lowest BCUT2D eigenvalue weighted by molar-refractivity contribution is 0.179. The Morgan fingerprint density at radius 3 is 2.45 bits per heavy atom. The van der Waals surface area contributed by atoms with Gasteiger partial charge in [0.1, 0.15) is 0 Å². The fourth-order valence-corrected chi connectivity index (χ4v) is 5.83. The number of nitrogens with zero attached hydrogens (tertiary/aromatic N) is 3. The van der Waals surface area contributed by atoms with E-state index in [0.717, 1.165) is 38.1 Å². The van der Waals surface area contributed by atoms with Gasteiger partial charge in [-0.1, -0.05) is 6.07 Å². The molecule has 4 heterocycles.